The summed E-state index contributed by atoms with van der Waals surface area (Å²) in [5.74, 6) is 0. The Kier molecular flexibility index (Phi) is 8.47. The van der Waals surface area contributed by atoms with Crippen LogP contribution in [0.25, 0.3) is 0 Å². The maximum absolute atomic E-state index is 11.9. The molecule has 1 rings (SSSR count). The van der Waals surface area contributed by atoms with Gasteiger partial charge in [0.1, 0.15) is 6.07 Å². The van der Waals surface area contributed by atoms with Gasteiger partial charge in [-0.15, -0.1) is 0 Å². The van der Waals surface area contributed by atoms with E-state index in [2.05, 4.69) is 27.0 Å². The minimum Gasteiger partial charge on any atom is -0.260 e. The van der Waals surface area contributed by atoms with Crippen LogP contribution in [0.1, 0.15) is 62.6 Å². The Balaban J connectivity index is 2.05. The Morgan fingerprint density at radius 2 is 1.64 bits per heavy atom. The molecule has 0 unspecified atom stereocenters. The van der Waals surface area contributed by atoms with E-state index in [-0.39, 0.29) is 6.42 Å². The van der Waals surface area contributed by atoms with Crippen molar-refractivity contribution >= 4 is 15.9 Å². The van der Waals surface area contributed by atoms with Crippen molar-refractivity contribution in [3.05, 3.63) is 28.0 Å². The first kappa shape index (κ1) is 19.0. The lowest BCUT2D eigenvalue weighted by molar-refractivity contribution is -0.135. The topological polar surface area (TPSA) is 36.7 Å². The molecule has 22 heavy (non-hydrogen) atoms. The molecular weight excluding hydrogens is 357 g/mol. The minimum atomic E-state index is -4.01. The van der Waals surface area contributed by atoms with E-state index in [1.165, 1.54) is 0 Å². The molecular formula is C16H20BrF3N2. The van der Waals surface area contributed by atoms with Crippen molar-refractivity contribution in [1.82, 2.24) is 4.98 Å². The van der Waals surface area contributed by atoms with Crippen LogP contribution in [0, 0.1) is 11.3 Å². The fraction of sp³-hybridized carbons (Fsp3) is 0.625. The van der Waals surface area contributed by atoms with Gasteiger partial charge in [0.05, 0.1) is 10.0 Å². The summed E-state index contributed by atoms with van der Waals surface area (Å²) >= 11 is 3.27. The molecule has 0 aromatic carbocycles. The number of rotatable bonds is 9. The van der Waals surface area contributed by atoms with Gasteiger partial charge in [0, 0.05) is 18.3 Å². The van der Waals surface area contributed by atoms with E-state index in [9.17, 15) is 13.2 Å². The van der Waals surface area contributed by atoms with Crippen molar-refractivity contribution in [3.63, 3.8) is 0 Å². The third kappa shape index (κ3) is 8.38. The van der Waals surface area contributed by atoms with Crippen molar-refractivity contribution in [2.45, 2.75) is 64.0 Å². The maximum Gasteiger partial charge on any atom is 0.389 e. The lowest BCUT2D eigenvalue weighted by Gasteiger charge is -2.06. The van der Waals surface area contributed by atoms with Crippen molar-refractivity contribution < 1.29 is 13.2 Å². The molecule has 0 N–H and O–H groups in total. The minimum absolute atomic E-state index is 0.239. The summed E-state index contributed by atoms with van der Waals surface area (Å²) in [7, 11) is 0. The van der Waals surface area contributed by atoms with E-state index >= 15 is 0 Å². The fourth-order valence-corrected chi connectivity index (χ4v) is 2.53. The van der Waals surface area contributed by atoms with Crippen LogP contribution >= 0.6 is 15.9 Å². The Labute approximate surface area is 137 Å². The van der Waals surface area contributed by atoms with Crippen molar-refractivity contribution in [1.29, 1.82) is 5.26 Å². The summed E-state index contributed by atoms with van der Waals surface area (Å²) in [6.45, 7) is 0. The molecule has 0 aliphatic carbocycles. The van der Waals surface area contributed by atoms with E-state index in [1.807, 2.05) is 0 Å². The molecule has 2 nitrogen and oxygen atoms in total. The molecule has 0 bridgehead atoms. The highest BCUT2D eigenvalue weighted by molar-refractivity contribution is 9.10. The molecule has 6 heteroatoms. The van der Waals surface area contributed by atoms with Crippen LogP contribution in [0.2, 0.25) is 0 Å². The van der Waals surface area contributed by atoms with Gasteiger partial charge in [-0.25, -0.2) is 0 Å². The molecule has 1 aromatic heterocycles. The second-order valence-electron chi connectivity index (χ2n) is 5.36. The lowest BCUT2D eigenvalue weighted by Crippen LogP contribution is -2.06. The number of aromatic nitrogens is 1. The van der Waals surface area contributed by atoms with E-state index in [1.54, 1.807) is 12.3 Å². The smallest absolute Gasteiger partial charge is 0.260 e. The lowest BCUT2D eigenvalue weighted by atomic mass is 10.1. The molecule has 0 spiro atoms. The summed E-state index contributed by atoms with van der Waals surface area (Å²) in [6, 6.07) is 3.90. The Bertz CT molecular complexity index is 495. The zero-order valence-electron chi connectivity index (χ0n) is 12.4. The third-order valence-electron chi connectivity index (χ3n) is 3.43. The number of hydrogen-bond acceptors (Lipinski definition) is 2. The summed E-state index contributed by atoms with van der Waals surface area (Å²) in [6.07, 6.45) is 3.60. The molecule has 0 aliphatic rings. The van der Waals surface area contributed by atoms with E-state index in [0.29, 0.717) is 16.5 Å². The van der Waals surface area contributed by atoms with Gasteiger partial charge in [-0.1, -0.05) is 32.1 Å². The molecule has 0 aliphatic heterocycles. The Morgan fingerprint density at radius 1 is 1.05 bits per heavy atom. The number of nitrogens with zero attached hydrogens (tertiary/aromatic N) is 2. The molecule has 0 saturated carbocycles. The van der Waals surface area contributed by atoms with Crippen molar-refractivity contribution in [3.8, 4) is 6.07 Å². The number of unbranched alkanes of at least 4 members (excludes halogenated alkanes) is 6. The third-order valence-corrected chi connectivity index (χ3v) is 4.06. The zero-order chi connectivity index (χ0) is 16.4. The maximum atomic E-state index is 11.9. The van der Waals surface area contributed by atoms with Gasteiger partial charge in [0.2, 0.25) is 0 Å². The summed E-state index contributed by atoms with van der Waals surface area (Å²) in [5, 5.41) is 8.93. The average Bonchev–Trinajstić information content (AvgIpc) is 2.46. The fourth-order valence-electron chi connectivity index (χ4n) is 2.22. The highest BCUT2D eigenvalue weighted by Crippen LogP contribution is 2.23. The van der Waals surface area contributed by atoms with Crippen LogP contribution in [-0.4, -0.2) is 11.2 Å². The van der Waals surface area contributed by atoms with Crippen LogP contribution in [-0.2, 0) is 6.42 Å². The van der Waals surface area contributed by atoms with Gasteiger partial charge >= 0.3 is 6.18 Å². The molecule has 0 atom stereocenters. The van der Waals surface area contributed by atoms with Gasteiger partial charge in [0.15, 0.2) is 0 Å². The highest BCUT2D eigenvalue weighted by Gasteiger charge is 2.25. The Hall–Kier alpha value is -1.09. The SMILES string of the molecule is N#Cc1cc(CCCCCCCCCC(F)(F)F)ncc1Br. The second-order valence-corrected chi connectivity index (χ2v) is 6.21. The predicted molar refractivity (Wildman–Crippen MR) is 83.3 cm³/mol. The molecule has 1 aromatic rings. The van der Waals surface area contributed by atoms with Crippen molar-refractivity contribution in [2.24, 2.45) is 0 Å². The number of pyridine rings is 1. The first-order chi connectivity index (χ1) is 10.4. The van der Waals surface area contributed by atoms with E-state index in [4.69, 9.17) is 5.26 Å². The summed E-state index contributed by atoms with van der Waals surface area (Å²) in [5.41, 5.74) is 1.50. The highest BCUT2D eigenvalue weighted by atomic mass is 79.9. The molecule has 0 fully saturated rings. The van der Waals surface area contributed by atoms with Crippen LogP contribution in [0.5, 0.6) is 0 Å². The Morgan fingerprint density at radius 3 is 2.23 bits per heavy atom. The summed E-state index contributed by atoms with van der Waals surface area (Å²) < 4.78 is 36.5. The van der Waals surface area contributed by atoms with Gasteiger partial charge < -0.3 is 0 Å². The average molecular weight is 377 g/mol. The number of aryl methyl sites for hydroxylation is 1. The monoisotopic (exact) mass is 376 g/mol. The standard InChI is InChI=1S/C16H20BrF3N2/c17-15-12-22-14(10-13(15)11-21)8-6-4-2-1-3-5-7-9-16(18,19)20/h10,12H,1-9H2. The van der Waals surface area contributed by atoms with Crippen LogP contribution in [0.4, 0.5) is 13.2 Å². The molecule has 0 amide bonds. The van der Waals surface area contributed by atoms with E-state index < -0.39 is 12.6 Å². The first-order valence-electron chi connectivity index (χ1n) is 7.53. The predicted octanol–water partition coefficient (Wildman–Crippen LogP) is 5.94. The number of hydrogen-bond donors (Lipinski definition) is 0. The van der Waals surface area contributed by atoms with Crippen LogP contribution < -0.4 is 0 Å². The van der Waals surface area contributed by atoms with E-state index in [0.717, 1.165) is 44.2 Å². The largest absolute Gasteiger partial charge is 0.389 e. The van der Waals surface area contributed by atoms with Crippen molar-refractivity contribution in [2.75, 3.05) is 0 Å². The van der Waals surface area contributed by atoms with Crippen LogP contribution in [0.3, 0.4) is 0 Å². The quantitative estimate of drug-likeness (QED) is 0.499. The number of nitriles is 1. The molecule has 1 heterocycles. The number of alkyl halides is 3. The van der Waals surface area contributed by atoms with Crippen LogP contribution in [0.15, 0.2) is 16.7 Å². The zero-order valence-corrected chi connectivity index (χ0v) is 14.0. The first-order valence-corrected chi connectivity index (χ1v) is 8.33. The summed E-state index contributed by atoms with van der Waals surface area (Å²) in [4.78, 5) is 4.26. The second kappa shape index (κ2) is 9.83. The van der Waals surface area contributed by atoms with Gasteiger partial charge in [-0.3, -0.25) is 4.98 Å². The molecule has 122 valence electrons. The van der Waals surface area contributed by atoms with Gasteiger partial charge in [-0.2, -0.15) is 18.4 Å². The molecule has 0 radical (unpaired) electrons. The molecule has 0 saturated heterocycles. The van der Waals surface area contributed by atoms with Gasteiger partial charge in [-0.05, 0) is 41.3 Å². The van der Waals surface area contributed by atoms with Gasteiger partial charge in [0.25, 0.3) is 0 Å². The number of halogens is 4. The normalized spacial score (nSPS) is 11.4.